The summed E-state index contributed by atoms with van der Waals surface area (Å²) in [6, 6.07) is 6.33. The Morgan fingerprint density at radius 1 is 1.24 bits per heavy atom. The first kappa shape index (κ1) is 16.9. The molecule has 0 radical (unpaired) electrons. The highest BCUT2D eigenvalue weighted by molar-refractivity contribution is 5.94. The summed E-state index contributed by atoms with van der Waals surface area (Å²) in [4.78, 5) is 22.3. The van der Waals surface area contributed by atoms with E-state index in [1.54, 1.807) is 25.3 Å². The van der Waals surface area contributed by atoms with Gasteiger partial charge in [-0.2, -0.15) is 0 Å². The number of carbonyl (C=O) groups is 2. The molecule has 1 aromatic carbocycles. The van der Waals surface area contributed by atoms with Crippen molar-refractivity contribution in [2.45, 2.75) is 0 Å². The first-order valence-electron chi connectivity index (χ1n) is 6.43. The van der Waals surface area contributed by atoms with Gasteiger partial charge in [0.15, 0.2) is 6.61 Å². The van der Waals surface area contributed by atoms with Crippen LogP contribution in [0.5, 0.6) is 5.75 Å². The zero-order chi connectivity index (χ0) is 15.5. The highest BCUT2D eigenvalue weighted by atomic mass is 16.5. The molecular weight excluding hydrogens is 278 g/mol. The van der Waals surface area contributed by atoms with Gasteiger partial charge in [-0.15, -0.1) is 0 Å². The highest BCUT2D eigenvalue weighted by Crippen LogP contribution is 2.13. The van der Waals surface area contributed by atoms with Crippen molar-refractivity contribution in [3.05, 3.63) is 29.8 Å². The molecule has 0 bridgehead atoms. The van der Waals surface area contributed by atoms with Gasteiger partial charge < -0.3 is 24.6 Å². The van der Waals surface area contributed by atoms with Crippen LogP contribution in [0, 0.1) is 0 Å². The number of carboxylic acid groups (broad SMARTS) is 1. The van der Waals surface area contributed by atoms with E-state index >= 15 is 0 Å². The van der Waals surface area contributed by atoms with Crippen LogP contribution in [0.15, 0.2) is 24.3 Å². The molecule has 1 rings (SSSR count). The molecule has 0 heterocycles. The lowest BCUT2D eigenvalue weighted by atomic mass is 10.2. The molecule has 0 atom stereocenters. The number of benzene rings is 1. The molecule has 7 heteroatoms. The number of hydrogen-bond donors (Lipinski definition) is 2. The Morgan fingerprint density at radius 3 is 2.76 bits per heavy atom. The van der Waals surface area contributed by atoms with Crippen LogP contribution in [-0.2, 0) is 14.3 Å². The van der Waals surface area contributed by atoms with E-state index in [2.05, 4.69) is 5.32 Å². The van der Waals surface area contributed by atoms with E-state index in [1.165, 1.54) is 6.07 Å². The second-order valence-corrected chi connectivity index (χ2v) is 4.07. The fourth-order valence-electron chi connectivity index (χ4n) is 1.46. The molecule has 0 aliphatic heterocycles. The largest absolute Gasteiger partial charge is 0.482 e. The summed E-state index contributed by atoms with van der Waals surface area (Å²) < 4.78 is 15.1. The number of carbonyl (C=O) groups excluding carboxylic acids is 1. The Hall–Kier alpha value is -2.12. The molecular formula is C14H19NO6. The van der Waals surface area contributed by atoms with Crippen molar-refractivity contribution in [2.24, 2.45) is 0 Å². The molecule has 116 valence electrons. The number of carboxylic acids is 1. The van der Waals surface area contributed by atoms with Crippen molar-refractivity contribution in [1.29, 1.82) is 0 Å². The van der Waals surface area contributed by atoms with Crippen molar-refractivity contribution >= 4 is 11.9 Å². The third kappa shape index (κ3) is 7.28. The molecule has 7 nitrogen and oxygen atoms in total. The molecule has 0 spiro atoms. The summed E-state index contributed by atoms with van der Waals surface area (Å²) >= 11 is 0. The third-order valence-electron chi connectivity index (χ3n) is 2.42. The van der Waals surface area contributed by atoms with Crippen LogP contribution in [0.1, 0.15) is 10.4 Å². The molecule has 0 aromatic heterocycles. The zero-order valence-corrected chi connectivity index (χ0v) is 11.8. The van der Waals surface area contributed by atoms with E-state index < -0.39 is 12.6 Å². The maximum Gasteiger partial charge on any atom is 0.341 e. The Morgan fingerprint density at radius 2 is 2.05 bits per heavy atom. The maximum atomic E-state index is 11.9. The molecule has 2 N–H and O–H groups in total. The predicted molar refractivity (Wildman–Crippen MR) is 74.6 cm³/mol. The molecule has 0 aliphatic carbocycles. The number of nitrogens with one attached hydrogen (secondary N) is 1. The third-order valence-corrected chi connectivity index (χ3v) is 2.42. The Balaban J connectivity index is 2.36. The first-order chi connectivity index (χ1) is 10.1. The summed E-state index contributed by atoms with van der Waals surface area (Å²) in [5.74, 6) is -1.01. The maximum absolute atomic E-state index is 11.9. The average Bonchev–Trinajstić information content (AvgIpc) is 2.48. The minimum Gasteiger partial charge on any atom is -0.482 e. The van der Waals surface area contributed by atoms with Gasteiger partial charge in [0.1, 0.15) is 5.75 Å². The minimum absolute atomic E-state index is 0.272. The van der Waals surface area contributed by atoms with Crippen LogP contribution in [0.25, 0.3) is 0 Å². The van der Waals surface area contributed by atoms with Crippen molar-refractivity contribution in [2.75, 3.05) is 40.1 Å². The summed E-state index contributed by atoms with van der Waals surface area (Å²) in [6.07, 6.45) is 0. The fraction of sp³-hybridized carbons (Fsp3) is 0.429. The number of ether oxygens (including phenoxy) is 3. The van der Waals surface area contributed by atoms with E-state index in [4.69, 9.17) is 19.3 Å². The Bertz CT molecular complexity index is 463. The second kappa shape index (κ2) is 9.73. The first-order valence-corrected chi connectivity index (χ1v) is 6.43. The molecule has 1 aromatic rings. The number of hydrogen-bond acceptors (Lipinski definition) is 5. The summed E-state index contributed by atoms with van der Waals surface area (Å²) in [5.41, 5.74) is 0.398. The van der Waals surface area contributed by atoms with Gasteiger partial charge in [-0.25, -0.2) is 4.79 Å². The SMILES string of the molecule is COCCOCCNC(=O)c1cccc(OCC(=O)O)c1. The van der Waals surface area contributed by atoms with Crippen LogP contribution < -0.4 is 10.1 Å². The number of rotatable bonds is 10. The number of amides is 1. The van der Waals surface area contributed by atoms with Gasteiger partial charge in [0.05, 0.1) is 19.8 Å². The molecule has 0 aliphatic rings. The molecule has 0 saturated heterocycles. The predicted octanol–water partition coefficient (Wildman–Crippen LogP) is 0.543. The lowest BCUT2D eigenvalue weighted by Crippen LogP contribution is -2.27. The second-order valence-electron chi connectivity index (χ2n) is 4.07. The summed E-state index contributed by atoms with van der Waals surface area (Å²) in [6.45, 7) is 1.31. The van der Waals surface area contributed by atoms with Gasteiger partial charge in [0.2, 0.25) is 0 Å². The monoisotopic (exact) mass is 297 g/mol. The van der Waals surface area contributed by atoms with Gasteiger partial charge in [0, 0.05) is 19.2 Å². The van der Waals surface area contributed by atoms with Gasteiger partial charge in [-0.3, -0.25) is 4.79 Å². The number of methoxy groups -OCH3 is 1. The minimum atomic E-state index is -1.07. The van der Waals surface area contributed by atoms with E-state index in [0.29, 0.717) is 37.7 Å². The Labute approximate surface area is 122 Å². The number of aliphatic carboxylic acids is 1. The molecule has 1 amide bonds. The van der Waals surface area contributed by atoms with Gasteiger partial charge in [0.25, 0.3) is 5.91 Å². The average molecular weight is 297 g/mol. The lowest BCUT2D eigenvalue weighted by Gasteiger charge is -2.08. The van der Waals surface area contributed by atoms with Crippen molar-refractivity contribution in [3.63, 3.8) is 0 Å². The highest BCUT2D eigenvalue weighted by Gasteiger charge is 2.07. The summed E-state index contributed by atoms with van der Waals surface area (Å²) in [7, 11) is 1.59. The lowest BCUT2D eigenvalue weighted by molar-refractivity contribution is -0.139. The smallest absolute Gasteiger partial charge is 0.341 e. The van der Waals surface area contributed by atoms with Crippen molar-refractivity contribution in [1.82, 2.24) is 5.32 Å². The standard InChI is InChI=1S/C14H19NO6/c1-19-7-8-20-6-5-15-14(18)11-3-2-4-12(9-11)21-10-13(16)17/h2-4,9H,5-8,10H2,1H3,(H,15,18)(H,16,17). The van der Waals surface area contributed by atoms with Crippen molar-refractivity contribution < 1.29 is 28.9 Å². The Kier molecular flexibility index (Phi) is 7.85. The van der Waals surface area contributed by atoms with Crippen LogP contribution in [0.3, 0.4) is 0 Å². The van der Waals surface area contributed by atoms with E-state index in [9.17, 15) is 9.59 Å². The van der Waals surface area contributed by atoms with E-state index in [-0.39, 0.29) is 5.91 Å². The zero-order valence-electron chi connectivity index (χ0n) is 11.8. The quantitative estimate of drug-likeness (QED) is 0.612. The van der Waals surface area contributed by atoms with Crippen LogP contribution >= 0.6 is 0 Å². The molecule has 0 unspecified atom stereocenters. The normalized spacial score (nSPS) is 10.1. The fourth-order valence-corrected chi connectivity index (χ4v) is 1.46. The van der Waals surface area contributed by atoms with Gasteiger partial charge >= 0.3 is 5.97 Å². The van der Waals surface area contributed by atoms with Crippen LogP contribution in [0.2, 0.25) is 0 Å². The van der Waals surface area contributed by atoms with Gasteiger partial charge in [-0.1, -0.05) is 6.07 Å². The summed E-state index contributed by atoms with van der Waals surface area (Å²) in [5, 5.41) is 11.2. The molecule has 0 saturated carbocycles. The topological polar surface area (TPSA) is 94.1 Å². The van der Waals surface area contributed by atoms with Gasteiger partial charge in [-0.05, 0) is 18.2 Å². The molecule has 21 heavy (non-hydrogen) atoms. The van der Waals surface area contributed by atoms with Crippen LogP contribution in [-0.4, -0.2) is 57.1 Å². The van der Waals surface area contributed by atoms with Crippen molar-refractivity contribution in [3.8, 4) is 5.75 Å². The van der Waals surface area contributed by atoms with E-state index in [1.807, 2.05) is 0 Å². The molecule has 0 fully saturated rings. The van der Waals surface area contributed by atoms with Crippen LogP contribution in [0.4, 0.5) is 0 Å². The van der Waals surface area contributed by atoms with E-state index in [0.717, 1.165) is 0 Å².